The monoisotopic (exact) mass is 258 g/mol. The summed E-state index contributed by atoms with van der Waals surface area (Å²) in [7, 11) is 0. The van der Waals surface area contributed by atoms with Crippen LogP contribution in [0, 0.1) is 17.1 Å². The van der Waals surface area contributed by atoms with Gasteiger partial charge in [0.15, 0.2) is 11.6 Å². The molecule has 0 saturated carbocycles. The highest BCUT2D eigenvalue weighted by atomic mass is 19.1. The lowest BCUT2D eigenvalue weighted by Crippen LogP contribution is -1.95. The van der Waals surface area contributed by atoms with Crippen molar-refractivity contribution < 1.29 is 14.2 Å². The number of hydrogen-bond donors (Lipinski definition) is 1. The predicted molar refractivity (Wildman–Crippen MR) is 66.1 cm³/mol. The van der Waals surface area contributed by atoms with E-state index in [1.807, 2.05) is 6.07 Å². The van der Waals surface area contributed by atoms with Crippen LogP contribution in [0.2, 0.25) is 0 Å². The number of nitriles is 1. The molecule has 1 N–H and O–H groups in total. The number of halogens is 1. The summed E-state index contributed by atoms with van der Waals surface area (Å²) < 4.78 is 18.9. The van der Waals surface area contributed by atoms with E-state index >= 15 is 0 Å². The summed E-state index contributed by atoms with van der Waals surface area (Å²) in [5.41, 5.74) is 0.842. The second-order valence-electron chi connectivity index (χ2n) is 3.96. The zero-order chi connectivity index (χ0) is 13.8. The van der Waals surface area contributed by atoms with E-state index in [0.717, 1.165) is 6.07 Å². The molecule has 0 bridgehead atoms. The Hall–Kier alpha value is -2.45. The largest absolute Gasteiger partial charge is 0.436 e. The van der Waals surface area contributed by atoms with Crippen molar-refractivity contribution in [3.63, 3.8) is 0 Å². The van der Waals surface area contributed by atoms with Crippen LogP contribution in [0.4, 0.5) is 4.39 Å². The van der Waals surface area contributed by atoms with Crippen molar-refractivity contribution in [3.05, 3.63) is 53.5 Å². The molecule has 0 aliphatic rings. The number of benzene rings is 1. The Labute approximate surface area is 109 Å². The van der Waals surface area contributed by atoms with E-state index in [4.69, 9.17) is 10.00 Å². The van der Waals surface area contributed by atoms with E-state index in [9.17, 15) is 9.50 Å². The highest BCUT2D eigenvalue weighted by molar-refractivity contribution is 5.38. The third kappa shape index (κ3) is 3.06. The van der Waals surface area contributed by atoms with E-state index in [1.54, 1.807) is 13.0 Å². The molecule has 1 heterocycles. The average Bonchev–Trinajstić information content (AvgIpc) is 2.41. The molecular formula is C14H11FN2O2. The van der Waals surface area contributed by atoms with Gasteiger partial charge in [-0.2, -0.15) is 5.26 Å². The van der Waals surface area contributed by atoms with Crippen molar-refractivity contribution in [2.45, 2.75) is 13.0 Å². The number of aromatic nitrogens is 1. The molecule has 5 heteroatoms. The molecular weight excluding hydrogens is 247 g/mol. The molecule has 4 nitrogen and oxygen atoms in total. The second kappa shape index (κ2) is 5.46. The number of pyridine rings is 1. The van der Waals surface area contributed by atoms with Crippen LogP contribution in [-0.2, 0) is 0 Å². The Bertz CT molecular complexity index is 636. The number of aliphatic hydroxyl groups is 1. The van der Waals surface area contributed by atoms with Gasteiger partial charge in [0.1, 0.15) is 0 Å². The van der Waals surface area contributed by atoms with Gasteiger partial charge < -0.3 is 9.84 Å². The van der Waals surface area contributed by atoms with Gasteiger partial charge in [0.05, 0.1) is 17.7 Å². The molecule has 0 aliphatic carbocycles. The lowest BCUT2D eigenvalue weighted by atomic mass is 10.2. The van der Waals surface area contributed by atoms with Gasteiger partial charge >= 0.3 is 0 Å². The maximum Gasteiger partial charge on any atom is 0.219 e. The molecule has 0 aliphatic heterocycles. The van der Waals surface area contributed by atoms with Crippen molar-refractivity contribution in [3.8, 4) is 17.7 Å². The fraction of sp³-hybridized carbons (Fsp3) is 0.143. The van der Waals surface area contributed by atoms with Crippen molar-refractivity contribution in [2.75, 3.05) is 0 Å². The van der Waals surface area contributed by atoms with Gasteiger partial charge in [-0.1, -0.05) is 0 Å². The first-order valence-electron chi connectivity index (χ1n) is 5.61. The summed E-state index contributed by atoms with van der Waals surface area (Å²) in [6.07, 6.45) is 0.815. The average molecular weight is 258 g/mol. The molecule has 19 heavy (non-hydrogen) atoms. The third-order valence-corrected chi connectivity index (χ3v) is 2.52. The molecule has 0 spiro atoms. The highest BCUT2D eigenvalue weighted by Gasteiger charge is 2.08. The molecule has 0 radical (unpaired) electrons. The molecule has 2 rings (SSSR count). The van der Waals surface area contributed by atoms with Crippen LogP contribution in [0.3, 0.4) is 0 Å². The SMILES string of the molecule is CC(O)c1ccnc(Oc2ccc(C#N)cc2F)c1. The number of nitrogens with zero attached hydrogens (tertiary/aromatic N) is 2. The number of aliphatic hydroxyl groups excluding tert-OH is 1. The minimum absolute atomic E-state index is 0.0192. The summed E-state index contributed by atoms with van der Waals surface area (Å²) in [6.45, 7) is 1.61. The lowest BCUT2D eigenvalue weighted by Gasteiger charge is -2.08. The summed E-state index contributed by atoms with van der Waals surface area (Å²) in [6, 6.07) is 8.93. The maximum absolute atomic E-state index is 13.6. The smallest absolute Gasteiger partial charge is 0.219 e. The highest BCUT2D eigenvalue weighted by Crippen LogP contribution is 2.25. The maximum atomic E-state index is 13.6. The first-order valence-corrected chi connectivity index (χ1v) is 5.61. The Morgan fingerprint density at radius 1 is 1.37 bits per heavy atom. The van der Waals surface area contributed by atoms with Crippen LogP contribution in [0.1, 0.15) is 24.2 Å². The van der Waals surface area contributed by atoms with E-state index in [1.165, 1.54) is 24.4 Å². The summed E-state index contributed by atoms with van der Waals surface area (Å²) in [5, 5.41) is 18.1. The van der Waals surface area contributed by atoms with E-state index in [2.05, 4.69) is 4.98 Å². The van der Waals surface area contributed by atoms with Gasteiger partial charge in [-0.15, -0.1) is 0 Å². The van der Waals surface area contributed by atoms with E-state index < -0.39 is 11.9 Å². The Balaban J connectivity index is 2.26. The molecule has 0 saturated heterocycles. The fourth-order valence-corrected chi connectivity index (χ4v) is 1.51. The third-order valence-electron chi connectivity index (χ3n) is 2.52. The molecule has 1 unspecified atom stereocenters. The van der Waals surface area contributed by atoms with Crippen LogP contribution >= 0.6 is 0 Å². The van der Waals surface area contributed by atoms with Crippen LogP contribution in [0.5, 0.6) is 11.6 Å². The van der Waals surface area contributed by atoms with Crippen molar-refractivity contribution in [1.82, 2.24) is 4.98 Å². The van der Waals surface area contributed by atoms with Gasteiger partial charge in [0.2, 0.25) is 5.88 Å². The molecule has 0 fully saturated rings. The van der Waals surface area contributed by atoms with Gasteiger partial charge in [-0.3, -0.25) is 0 Å². The lowest BCUT2D eigenvalue weighted by molar-refractivity contribution is 0.198. The Morgan fingerprint density at radius 2 is 2.16 bits per heavy atom. The quantitative estimate of drug-likeness (QED) is 0.919. The number of rotatable bonds is 3. The van der Waals surface area contributed by atoms with E-state index in [0.29, 0.717) is 5.56 Å². The summed E-state index contributed by atoms with van der Waals surface area (Å²) in [5.74, 6) is -0.473. The zero-order valence-corrected chi connectivity index (χ0v) is 10.2. The van der Waals surface area contributed by atoms with Gasteiger partial charge in [-0.25, -0.2) is 9.37 Å². The molecule has 96 valence electrons. The van der Waals surface area contributed by atoms with Crippen LogP contribution in [-0.4, -0.2) is 10.1 Å². The van der Waals surface area contributed by atoms with E-state index in [-0.39, 0.29) is 17.2 Å². The topological polar surface area (TPSA) is 66.1 Å². The van der Waals surface area contributed by atoms with Gasteiger partial charge in [0, 0.05) is 12.3 Å². The van der Waals surface area contributed by atoms with Crippen molar-refractivity contribution >= 4 is 0 Å². The molecule has 0 amide bonds. The number of ether oxygens (including phenoxy) is 1. The molecule has 1 atom stereocenters. The molecule has 1 aromatic heterocycles. The minimum atomic E-state index is -0.656. The van der Waals surface area contributed by atoms with Crippen molar-refractivity contribution in [1.29, 1.82) is 5.26 Å². The van der Waals surface area contributed by atoms with Crippen molar-refractivity contribution in [2.24, 2.45) is 0 Å². The number of hydrogen-bond acceptors (Lipinski definition) is 4. The van der Waals surface area contributed by atoms with Crippen LogP contribution in [0.25, 0.3) is 0 Å². The van der Waals surface area contributed by atoms with Crippen LogP contribution in [0.15, 0.2) is 36.5 Å². The van der Waals surface area contributed by atoms with Gasteiger partial charge in [0.25, 0.3) is 0 Å². The molecule has 2 aromatic rings. The first kappa shape index (κ1) is 13.0. The standard InChI is InChI=1S/C14H11FN2O2/c1-9(18)11-4-5-17-14(7-11)19-13-3-2-10(8-16)6-12(13)15/h2-7,9,18H,1H3. The van der Waals surface area contributed by atoms with Crippen LogP contribution < -0.4 is 4.74 Å². The summed E-state index contributed by atoms with van der Waals surface area (Å²) >= 11 is 0. The first-order chi connectivity index (χ1) is 9.10. The minimum Gasteiger partial charge on any atom is -0.436 e. The Morgan fingerprint density at radius 3 is 2.79 bits per heavy atom. The fourth-order valence-electron chi connectivity index (χ4n) is 1.51. The second-order valence-corrected chi connectivity index (χ2v) is 3.96. The predicted octanol–water partition coefficient (Wildman–Crippen LogP) is 2.94. The Kier molecular flexibility index (Phi) is 3.74. The molecule has 1 aromatic carbocycles. The zero-order valence-electron chi connectivity index (χ0n) is 10.2. The summed E-state index contributed by atoms with van der Waals surface area (Å²) in [4.78, 5) is 3.94. The van der Waals surface area contributed by atoms with Gasteiger partial charge in [-0.05, 0) is 36.8 Å². The normalized spacial score (nSPS) is 11.7.